The summed E-state index contributed by atoms with van der Waals surface area (Å²) < 4.78 is 14.0. The van der Waals surface area contributed by atoms with E-state index in [0.717, 1.165) is 10.2 Å². The summed E-state index contributed by atoms with van der Waals surface area (Å²) >= 11 is 7.35. The van der Waals surface area contributed by atoms with Crippen LogP contribution in [0.5, 0.6) is 0 Å². The molecule has 3 aromatic rings. The molecule has 6 heteroatoms. The van der Waals surface area contributed by atoms with E-state index in [-0.39, 0.29) is 11.1 Å². The van der Waals surface area contributed by atoms with Gasteiger partial charge >= 0.3 is 0 Å². The maximum absolute atomic E-state index is 13.1. The van der Waals surface area contributed by atoms with Crippen LogP contribution in [0, 0.1) is 5.82 Å². The monoisotopic (exact) mass is 279 g/mol. The number of aromatic nitrogens is 2. The lowest BCUT2D eigenvalue weighted by molar-refractivity contribution is 0.628. The van der Waals surface area contributed by atoms with Crippen LogP contribution in [0.4, 0.5) is 15.9 Å². The molecular formula is C12H7ClFN3S. The summed E-state index contributed by atoms with van der Waals surface area (Å²) in [6, 6.07) is 8.04. The van der Waals surface area contributed by atoms with Crippen LogP contribution in [0.3, 0.4) is 0 Å². The highest BCUT2D eigenvalue weighted by atomic mass is 35.5. The first-order valence-corrected chi connectivity index (χ1v) is 6.41. The lowest BCUT2D eigenvalue weighted by Gasteiger charge is -2.06. The van der Waals surface area contributed by atoms with E-state index in [4.69, 9.17) is 11.6 Å². The Labute approximate surface area is 111 Å². The first-order valence-electron chi connectivity index (χ1n) is 5.16. The minimum Gasteiger partial charge on any atom is -0.339 e. The number of halogens is 2. The lowest BCUT2D eigenvalue weighted by Crippen LogP contribution is -1.95. The standard InChI is InChI=1S/C12H7ClFN3S/c13-12-16-9-4-5-18-10(9)11(17-12)15-8-3-1-2-7(14)6-8/h1-6H,(H,15,16,17). The normalized spacial score (nSPS) is 10.8. The minimum atomic E-state index is -0.303. The number of rotatable bonds is 2. The highest BCUT2D eigenvalue weighted by Gasteiger charge is 2.08. The topological polar surface area (TPSA) is 37.8 Å². The quantitative estimate of drug-likeness (QED) is 0.714. The Balaban J connectivity index is 2.06. The van der Waals surface area contributed by atoms with Crippen molar-refractivity contribution in [3.8, 4) is 0 Å². The van der Waals surface area contributed by atoms with Crippen molar-refractivity contribution in [3.05, 3.63) is 46.8 Å². The summed E-state index contributed by atoms with van der Waals surface area (Å²) in [4.78, 5) is 8.24. The van der Waals surface area contributed by atoms with Crippen LogP contribution in [0.15, 0.2) is 35.7 Å². The van der Waals surface area contributed by atoms with Crippen molar-refractivity contribution in [2.45, 2.75) is 0 Å². The number of nitrogens with zero attached hydrogens (tertiary/aromatic N) is 2. The van der Waals surface area contributed by atoms with E-state index in [9.17, 15) is 4.39 Å². The smallest absolute Gasteiger partial charge is 0.224 e. The van der Waals surface area contributed by atoms with Crippen LogP contribution < -0.4 is 5.32 Å². The fraction of sp³-hybridized carbons (Fsp3) is 0. The second kappa shape index (κ2) is 4.51. The Morgan fingerprint density at radius 1 is 1.22 bits per heavy atom. The Kier molecular flexibility index (Phi) is 2.85. The number of hydrogen-bond donors (Lipinski definition) is 1. The predicted octanol–water partition coefficient (Wildman–Crippen LogP) is 4.23. The molecule has 3 nitrogen and oxygen atoms in total. The summed E-state index contributed by atoms with van der Waals surface area (Å²) in [6.45, 7) is 0. The number of hydrogen-bond acceptors (Lipinski definition) is 4. The molecule has 0 radical (unpaired) electrons. The molecule has 0 unspecified atom stereocenters. The summed E-state index contributed by atoms with van der Waals surface area (Å²) in [6.07, 6.45) is 0. The molecule has 0 aliphatic carbocycles. The van der Waals surface area contributed by atoms with Gasteiger partial charge in [-0.25, -0.2) is 9.37 Å². The largest absolute Gasteiger partial charge is 0.339 e. The first-order chi connectivity index (χ1) is 8.72. The molecule has 1 aromatic carbocycles. The SMILES string of the molecule is Fc1cccc(Nc2nc(Cl)nc3ccsc23)c1. The summed E-state index contributed by atoms with van der Waals surface area (Å²) in [7, 11) is 0. The second-order valence-corrected chi connectivity index (χ2v) is 4.87. The van der Waals surface area contributed by atoms with Crippen LogP contribution in [0.1, 0.15) is 0 Å². The van der Waals surface area contributed by atoms with Gasteiger partial charge in [0.2, 0.25) is 5.28 Å². The van der Waals surface area contributed by atoms with Gasteiger partial charge in [-0.1, -0.05) is 6.07 Å². The highest BCUT2D eigenvalue weighted by molar-refractivity contribution is 7.17. The van der Waals surface area contributed by atoms with E-state index >= 15 is 0 Å². The van der Waals surface area contributed by atoms with E-state index in [1.165, 1.54) is 23.5 Å². The van der Waals surface area contributed by atoms with Gasteiger partial charge in [0, 0.05) is 5.69 Å². The van der Waals surface area contributed by atoms with E-state index in [1.807, 2.05) is 11.4 Å². The number of fused-ring (bicyclic) bond motifs is 1. The lowest BCUT2D eigenvalue weighted by atomic mass is 10.3. The van der Waals surface area contributed by atoms with Crippen molar-refractivity contribution in [2.24, 2.45) is 0 Å². The Morgan fingerprint density at radius 3 is 2.94 bits per heavy atom. The van der Waals surface area contributed by atoms with Gasteiger partial charge < -0.3 is 5.32 Å². The van der Waals surface area contributed by atoms with Gasteiger partial charge in [0.1, 0.15) is 5.82 Å². The Morgan fingerprint density at radius 2 is 2.11 bits per heavy atom. The van der Waals surface area contributed by atoms with Crippen molar-refractivity contribution in [3.63, 3.8) is 0 Å². The third-order valence-corrected chi connectivity index (χ3v) is 3.44. The number of nitrogens with one attached hydrogen (secondary N) is 1. The average molecular weight is 280 g/mol. The van der Waals surface area contributed by atoms with Crippen molar-refractivity contribution >= 4 is 44.7 Å². The Hall–Kier alpha value is -1.72. The second-order valence-electron chi connectivity index (χ2n) is 3.61. The average Bonchev–Trinajstić information content (AvgIpc) is 2.77. The molecular weight excluding hydrogens is 273 g/mol. The maximum atomic E-state index is 13.1. The minimum absolute atomic E-state index is 0.166. The van der Waals surface area contributed by atoms with E-state index in [1.54, 1.807) is 12.1 Å². The number of benzene rings is 1. The fourth-order valence-electron chi connectivity index (χ4n) is 1.62. The molecule has 0 saturated carbocycles. The molecule has 2 heterocycles. The van der Waals surface area contributed by atoms with Crippen LogP contribution >= 0.6 is 22.9 Å². The van der Waals surface area contributed by atoms with E-state index in [0.29, 0.717) is 11.5 Å². The highest BCUT2D eigenvalue weighted by Crippen LogP contribution is 2.29. The predicted molar refractivity (Wildman–Crippen MR) is 72.1 cm³/mol. The summed E-state index contributed by atoms with van der Waals surface area (Å²) in [5.41, 5.74) is 1.40. The molecule has 0 aliphatic rings. The van der Waals surface area contributed by atoms with Gasteiger partial charge in [0.05, 0.1) is 10.2 Å². The maximum Gasteiger partial charge on any atom is 0.224 e. The zero-order valence-electron chi connectivity index (χ0n) is 9.02. The third kappa shape index (κ3) is 2.14. The van der Waals surface area contributed by atoms with Gasteiger partial charge in [0.25, 0.3) is 0 Å². The molecule has 0 amide bonds. The van der Waals surface area contributed by atoms with Crippen LogP contribution in [-0.2, 0) is 0 Å². The molecule has 3 rings (SSSR count). The summed E-state index contributed by atoms with van der Waals surface area (Å²) in [5, 5.41) is 5.13. The van der Waals surface area contributed by atoms with Crippen LogP contribution in [0.2, 0.25) is 5.28 Å². The Bertz CT molecular complexity index is 713. The van der Waals surface area contributed by atoms with Gasteiger partial charge in [-0.3, -0.25) is 0 Å². The number of thiophene rings is 1. The number of anilines is 2. The fourth-order valence-corrected chi connectivity index (χ4v) is 2.57. The van der Waals surface area contributed by atoms with Crippen LogP contribution in [-0.4, -0.2) is 9.97 Å². The van der Waals surface area contributed by atoms with Gasteiger partial charge in [0.15, 0.2) is 5.82 Å². The molecule has 0 spiro atoms. The molecule has 1 N–H and O–H groups in total. The van der Waals surface area contributed by atoms with Gasteiger partial charge in [-0.15, -0.1) is 11.3 Å². The molecule has 0 saturated heterocycles. The summed E-state index contributed by atoms with van der Waals surface area (Å²) in [5.74, 6) is 0.285. The zero-order chi connectivity index (χ0) is 12.5. The van der Waals surface area contributed by atoms with Crippen molar-refractivity contribution < 1.29 is 4.39 Å². The molecule has 0 bridgehead atoms. The van der Waals surface area contributed by atoms with E-state index in [2.05, 4.69) is 15.3 Å². The molecule has 0 fully saturated rings. The van der Waals surface area contributed by atoms with Gasteiger partial charge in [-0.05, 0) is 41.2 Å². The molecule has 90 valence electrons. The zero-order valence-corrected chi connectivity index (χ0v) is 10.6. The molecule has 2 aromatic heterocycles. The van der Waals surface area contributed by atoms with Crippen molar-refractivity contribution in [2.75, 3.05) is 5.32 Å². The molecule has 0 aliphatic heterocycles. The molecule has 18 heavy (non-hydrogen) atoms. The molecule has 0 atom stereocenters. The van der Waals surface area contributed by atoms with Crippen molar-refractivity contribution in [1.82, 2.24) is 9.97 Å². The third-order valence-electron chi connectivity index (χ3n) is 2.36. The first kappa shape index (κ1) is 11.4. The van der Waals surface area contributed by atoms with Crippen LogP contribution in [0.25, 0.3) is 10.2 Å². The van der Waals surface area contributed by atoms with Gasteiger partial charge in [-0.2, -0.15) is 4.98 Å². The van der Waals surface area contributed by atoms with Crippen molar-refractivity contribution in [1.29, 1.82) is 0 Å². The van der Waals surface area contributed by atoms with E-state index < -0.39 is 0 Å².